The van der Waals surface area contributed by atoms with Crippen molar-refractivity contribution in [3.05, 3.63) is 78.2 Å². The summed E-state index contributed by atoms with van der Waals surface area (Å²) in [6.45, 7) is 4.44. The molecule has 0 N–H and O–H groups in total. The first kappa shape index (κ1) is 18.5. The van der Waals surface area contributed by atoms with E-state index >= 15 is 0 Å². The monoisotopic (exact) mass is 409 g/mol. The van der Waals surface area contributed by atoms with Crippen molar-refractivity contribution in [1.29, 1.82) is 0 Å². The van der Waals surface area contributed by atoms with Gasteiger partial charge >= 0.3 is 0 Å². The van der Waals surface area contributed by atoms with Crippen molar-refractivity contribution in [2.24, 2.45) is 0 Å². The summed E-state index contributed by atoms with van der Waals surface area (Å²) in [5, 5.41) is 14.0. The van der Waals surface area contributed by atoms with Gasteiger partial charge in [0.05, 0.1) is 10.8 Å². The number of nitrogens with zero attached hydrogens (tertiary/aromatic N) is 5. The molecule has 2 heterocycles. The number of allylic oxidation sites excluding steroid dienone is 1. The van der Waals surface area contributed by atoms with Gasteiger partial charge in [0.15, 0.2) is 11.0 Å². The zero-order valence-corrected chi connectivity index (χ0v) is 16.4. The second-order valence-electron chi connectivity index (χ2n) is 5.85. The van der Waals surface area contributed by atoms with Crippen molar-refractivity contribution in [3.63, 3.8) is 0 Å². The van der Waals surface area contributed by atoms with Crippen LogP contribution in [0.1, 0.15) is 5.89 Å². The third kappa shape index (κ3) is 3.85. The van der Waals surface area contributed by atoms with Crippen molar-refractivity contribution in [3.8, 4) is 22.8 Å². The maximum atomic E-state index is 6.20. The summed E-state index contributed by atoms with van der Waals surface area (Å²) in [6.07, 6.45) is 1.82. The van der Waals surface area contributed by atoms with E-state index in [1.54, 1.807) is 6.07 Å². The molecule has 0 fully saturated rings. The Hall–Kier alpha value is -2.90. The molecular weight excluding hydrogens is 394 g/mol. The van der Waals surface area contributed by atoms with Crippen LogP contribution in [-0.4, -0.2) is 24.9 Å². The van der Waals surface area contributed by atoms with Crippen LogP contribution in [0.2, 0.25) is 5.02 Å². The first-order chi connectivity index (χ1) is 13.8. The summed E-state index contributed by atoms with van der Waals surface area (Å²) >= 11 is 7.68. The Morgan fingerprint density at radius 1 is 1.07 bits per heavy atom. The van der Waals surface area contributed by atoms with Gasteiger partial charge in [-0.1, -0.05) is 77.1 Å². The zero-order chi connectivity index (χ0) is 19.3. The predicted octanol–water partition coefficient (Wildman–Crippen LogP) is 5.13. The van der Waals surface area contributed by atoms with E-state index in [-0.39, 0.29) is 0 Å². The lowest BCUT2D eigenvalue weighted by atomic mass is 10.2. The van der Waals surface area contributed by atoms with E-state index in [4.69, 9.17) is 16.1 Å². The molecular formula is C20H16ClN5OS. The fourth-order valence-corrected chi connectivity index (χ4v) is 3.69. The molecule has 140 valence electrons. The molecule has 0 unspecified atom stereocenters. The molecule has 0 saturated heterocycles. The van der Waals surface area contributed by atoms with Gasteiger partial charge in [0, 0.05) is 17.7 Å². The fraction of sp³-hybridized carbons (Fsp3) is 0.100. The van der Waals surface area contributed by atoms with Gasteiger partial charge in [0.1, 0.15) is 0 Å². The fourth-order valence-electron chi connectivity index (χ4n) is 2.68. The molecule has 2 aromatic carbocycles. The van der Waals surface area contributed by atoms with Crippen LogP contribution in [0.3, 0.4) is 0 Å². The van der Waals surface area contributed by atoms with Crippen molar-refractivity contribution >= 4 is 23.4 Å². The minimum absolute atomic E-state index is 0.471. The summed E-state index contributed by atoms with van der Waals surface area (Å²) in [6, 6.07) is 17.3. The molecule has 4 aromatic rings. The van der Waals surface area contributed by atoms with E-state index < -0.39 is 0 Å². The topological polar surface area (TPSA) is 69.6 Å². The Balaban J connectivity index is 1.54. The van der Waals surface area contributed by atoms with Gasteiger partial charge in [-0.3, -0.25) is 4.57 Å². The van der Waals surface area contributed by atoms with Gasteiger partial charge < -0.3 is 4.52 Å². The lowest BCUT2D eigenvalue weighted by Gasteiger charge is -2.06. The summed E-state index contributed by atoms with van der Waals surface area (Å²) < 4.78 is 7.38. The largest absolute Gasteiger partial charge is 0.338 e. The SMILES string of the molecule is C=CCn1c(SCc2nc(-c3ccccc3Cl)no2)nnc1-c1ccccc1. The van der Waals surface area contributed by atoms with Crippen LogP contribution >= 0.6 is 23.4 Å². The van der Waals surface area contributed by atoms with Crippen molar-refractivity contribution in [2.45, 2.75) is 17.5 Å². The average Bonchev–Trinajstić information content (AvgIpc) is 3.35. The molecule has 0 amide bonds. The first-order valence-electron chi connectivity index (χ1n) is 8.56. The summed E-state index contributed by atoms with van der Waals surface area (Å²) in [4.78, 5) is 4.44. The highest BCUT2D eigenvalue weighted by atomic mass is 35.5. The Bertz CT molecular complexity index is 1090. The van der Waals surface area contributed by atoms with Crippen LogP contribution < -0.4 is 0 Å². The minimum atomic E-state index is 0.471. The maximum absolute atomic E-state index is 6.20. The van der Waals surface area contributed by atoms with Crippen LogP contribution in [0, 0.1) is 0 Å². The number of benzene rings is 2. The second kappa shape index (κ2) is 8.41. The van der Waals surface area contributed by atoms with Gasteiger partial charge in [0.25, 0.3) is 0 Å². The standard InChI is InChI=1S/C20H16ClN5OS/c1-2-12-26-19(14-8-4-3-5-9-14)23-24-20(26)28-13-17-22-18(25-27-17)15-10-6-7-11-16(15)21/h2-11H,1,12-13H2. The normalized spacial score (nSPS) is 10.9. The highest BCUT2D eigenvalue weighted by Gasteiger charge is 2.16. The summed E-state index contributed by atoms with van der Waals surface area (Å²) in [7, 11) is 0. The van der Waals surface area contributed by atoms with Crippen molar-refractivity contribution in [2.75, 3.05) is 0 Å². The molecule has 0 radical (unpaired) electrons. The van der Waals surface area contributed by atoms with Gasteiger partial charge in [0.2, 0.25) is 11.7 Å². The van der Waals surface area contributed by atoms with Crippen LogP contribution in [0.25, 0.3) is 22.8 Å². The Kier molecular flexibility index (Phi) is 5.55. The smallest absolute Gasteiger partial charge is 0.237 e. The molecule has 0 bridgehead atoms. The van der Waals surface area contributed by atoms with E-state index in [0.717, 1.165) is 22.1 Å². The van der Waals surface area contributed by atoms with Gasteiger partial charge in [-0.15, -0.1) is 16.8 Å². The lowest BCUT2D eigenvalue weighted by Crippen LogP contribution is -2.00. The molecule has 28 heavy (non-hydrogen) atoms. The third-order valence-corrected chi connectivity index (χ3v) is 5.25. The Morgan fingerprint density at radius 2 is 1.86 bits per heavy atom. The van der Waals surface area contributed by atoms with E-state index in [1.807, 2.05) is 59.2 Å². The predicted molar refractivity (Wildman–Crippen MR) is 110 cm³/mol. The molecule has 6 nitrogen and oxygen atoms in total. The number of hydrogen-bond acceptors (Lipinski definition) is 6. The molecule has 0 atom stereocenters. The van der Waals surface area contributed by atoms with Crippen molar-refractivity contribution < 1.29 is 4.52 Å². The molecule has 2 aromatic heterocycles. The molecule has 8 heteroatoms. The van der Waals surface area contributed by atoms with Crippen LogP contribution in [0.5, 0.6) is 0 Å². The van der Waals surface area contributed by atoms with E-state index in [0.29, 0.717) is 29.0 Å². The van der Waals surface area contributed by atoms with Gasteiger partial charge in [-0.2, -0.15) is 4.98 Å². The Labute approximate surface area is 171 Å². The Morgan fingerprint density at radius 3 is 2.64 bits per heavy atom. The zero-order valence-electron chi connectivity index (χ0n) is 14.8. The van der Waals surface area contributed by atoms with Gasteiger partial charge in [-0.25, -0.2) is 0 Å². The highest BCUT2D eigenvalue weighted by Crippen LogP contribution is 2.28. The summed E-state index contributed by atoms with van der Waals surface area (Å²) in [5.41, 5.74) is 1.74. The molecule has 0 saturated carbocycles. The number of thioether (sulfide) groups is 1. The van der Waals surface area contributed by atoms with Gasteiger partial charge in [-0.05, 0) is 12.1 Å². The molecule has 0 aliphatic rings. The number of rotatable bonds is 7. The maximum Gasteiger partial charge on any atom is 0.237 e. The molecule has 4 rings (SSSR count). The number of hydrogen-bond donors (Lipinski definition) is 0. The number of aromatic nitrogens is 5. The van der Waals surface area contributed by atoms with Crippen LogP contribution in [0.4, 0.5) is 0 Å². The highest BCUT2D eigenvalue weighted by molar-refractivity contribution is 7.98. The van der Waals surface area contributed by atoms with Crippen molar-refractivity contribution in [1.82, 2.24) is 24.9 Å². The number of halogens is 1. The average molecular weight is 410 g/mol. The van der Waals surface area contributed by atoms with E-state index in [9.17, 15) is 0 Å². The first-order valence-corrected chi connectivity index (χ1v) is 9.92. The molecule has 0 aliphatic heterocycles. The van der Waals surface area contributed by atoms with Crippen LogP contribution in [0.15, 0.2) is 76.9 Å². The van der Waals surface area contributed by atoms with E-state index in [2.05, 4.69) is 26.9 Å². The van der Waals surface area contributed by atoms with E-state index in [1.165, 1.54) is 11.8 Å². The lowest BCUT2D eigenvalue weighted by molar-refractivity contribution is 0.391. The van der Waals surface area contributed by atoms with Crippen LogP contribution in [-0.2, 0) is 12.3 Å². The quantitative estimate of drug-likeness (QED) is 0.311. The second-order valence-corrected chi connectivity index (χ2v) is 7.20. The molecule has 0 aliphatic carbocycles. The third-order valence-electron chi connectivity index (χ3n) is 3.97. The minimum Gasteiger partial charge on any atom is -0.338 e. The summed E-state index contributed by atoms with van der Waals surface area (Å²) in [5.74, 6) is 2.24. The molecule has 0 spiro atoms.